The first-order valence-corrected chi connectivity index (χ1v) is 12.0. The summed E-state index contributed by atoms with van der Waals surface area (Å²) in [5.74, 6) is 0.651. The van der Waals surface area contributed by atoms with E-state index in [4.69, 9.17) is 23.4 Å². The minimum Gasteiger partial charge on any atom is -0.337 e. The summed E-state index contributed by atoms with van der Waals surface area (Å²) in [7, 11) is 1.56. The molecule has 0 aliphatic heterocycles. The van der Waals surface area contributed by atoms with Crippen LogP contribution in [0.5, 0.6) is 0 Å². The zero-order valence-electron chi connectivity index (χ0n) is 17.2. The van der Waals surface area contributed by atoms with Crippen molar-refractivity contribution in [2.24, 2.45) is 5.92 Å². The van der Waals surface area contributed by atoms with Gasteiger partial charge in [0.05, 0.1) is 25.2 Å². The second-order valence-electron chi connectivity index (χ2n) is 7.18. The van der Waals surface area contributed by atoms with Crippen molar-refractivity contribution in [2.75, 3.05) is 27.0 Å². The Kier molecular flexibility index (Phi) is 12.4. The van der Waals surface area contributed by atoms with Crippen LogP contribution >= 0.6 is 16.9 Å². The average molecular weight is 406 g/mol. The molecular weight excluding hydrogens is 370 g/mol. The third kappa shape index (κ3) is 8.44. The lowest BCUT2D eigenvalue weighted by Crippen LogP contribution is -2.35. The molecule has 0 aromatic heterocycles. The number of hydrogen-bond donors (Lipinski definition) is 0. The molecule has 0 aromatic rings. The van der Waals surface area contributed by atoms with Gasteiger partial charge in [0.15, 0.2) is 8.38 Å². The molecular formula is C18H36N2O4P2. The molecule has 0 bridgehead atoms. The van der Waals surface area contributed by atoms with Gasteiger partial charge in [-0.2, -0.15) is 5.26 Å². The summed E-state index contributed by atoms with van der Waals surface area (Å²) in [5, 5.41) is 8.80. The molecule has 1 aliphatic carbocycles. The molecule has 0 saturated heterocycles. The molecule has 0 radical (unpaired) electrons. The van der Waals surface area contributed by atoms with Crippen LogP contribution in [0.2, 0.25) is 0 Å². The van der Waals surface area contributed by atoms with Crippen LogP contribution in [-0.2, 0) is 18.1 Å². The van der Waals surface area contributed by atoms with Crippen molar-refractivity contribution in [2.45, 2.75) is 78.0 Å². The van der Waals surface area contributed by atoms with Crippen LogP contribution in [0.3, 0.4) is 0 Å². The molecule has 26 heavy (non-hydrogen) atoms. The van der Waals surface area contributed by atoms with Crippen molar-refractivity contribution in [3.63, 3.8) is 0 Å². The van der Waals surface area contributed by atoms with Gasteiger partial charge in [0, 0.05) is 32.5 Å². The summed E-state index contributed by atoms with van der Waals surface area (Å²) < 4.78 is 25.5. The van der Waals surface area contributed by atoms with Crippen LogP contribution in [-0.4, -0.2) is 49.8 Å². The first kappa shape index (κ1) is 24.2. The quantitative estimate of drug-likeness (QED) is 0.318. The molecule has 0 aromatic carbocycles. The third-order valence-electron chi connectivity index (χ3n) is 4.51. The maximum absolute atomic E-state index is 8.80. The molecule has 1 rings (SSSR count). The van der Waals surface area contributed by atoms with E-state index in [2.05, 4.69) is 38.4 Å². The first-order valence-electron chi connectivity index (χ1n) is 9.53. The molecule has 0 N–H and O–H groups in total. The number of nitrogens with zero attached hydrogens (tertiary/aromatic N) is 2. The van der Waals surface area contributed by atoms with E-state index < -0.39 is 16.9 Å². The lowest BCUT2D eigenvalue weighted by Gasteiger charge is -2.39. The van der Waals surface area contributed by atoms with Gasteiger partial charge in [0.25, 0.3) is 8.53 Å². The Balaban J connectivity index is 2.58. The Labute approximate surface area is 162 Å². The van der Waals surface area contributed by atoms with E-state index >= 15 is 0 Å². The highest BCUT2D eigenvalue weighted by atomic mass is 31.2. The van der Waals surface area contributed by atoms with Gasteiger partial charge in [-0.25, -0.2) is 4.67 Å². The van der Waals surface area contributed by atoms with Gasteiger partial charge in [-0.1, -0.05) is 0 Å². The molecule has 1 atom stereocenters. The van der Waals surface area contributed by atoms with E-state index in [-0.39, 0.29) is 6.10 Å². The Hall–Kier alpha value is 0.150. The average Bonchev–Trinajstić information content (AvgIpc) is 2.60. The summed E-state index contributed by atoms with van der Waals surface area (Å²) in [6, 6.07) is 2.83. The first-order chi connectivity index (χ1) is 12.4. The van der Waals surface area contributed by atoms with E-state index in [1.54, 1.807) is 14.2 Å². The van der Waals surface area contributed by atoms with Crippen LogP contribution in [0.25, 0.3) is 0 Å². The smallest absolute Gasteiger partial charge is 0.259 e. The van der Waals surface area contributed by atoms with Crippen molar-refractivity contribution in [3.05, 3.63) is 0 Å². The Bertz CT molecular complexity index is 400. The molecule has 6 nitrogen and oxygen atoms in total. The van der Waals surface area contributed by atoms with Crippen molar-refractivity contribution >= 4 is 16.9 Å². The highest BCUT2D eigenvalue weighted by Crippen LogP contribution is 2.50. The van der Waals surface area contributed by atoms with E-state index in [1.165, 1.54) is 0 Å². The summed E-state index contributed by atoms with van der Waals surface area (Å²) in [6.07, 6.45) is 6.01. The lowest BCUT2D eigenvalue weighted by molar-refractivity contribution is 0.0965. The molecule has 0 amide bonds. The fraction of sp³-hybridized carbons (Fsp3) is 0.944. The standard InChI is InChI=1S/C18H36N2O4P2/c1-15(2)20(16(3)4)26(23-13-7-12-19)24-18-10-8-17(9-11-18)14-25(21-5)22-6/h15-18H,7-11,13-14H2,1-6H3. The van der Waals surface area contributed by atoms with Crippen LogP contribution in [0, 0.1) is 17.2 Å². The fourth-order valence-electron chi connectivity index (χ4n) is 3.28. The Morgan fingerprint density at radius 3 is 2.08 bits per heavy atom. The summed E-state index contributed by atoms with van der Waals surface area (Å²) in [6.45, 7) is 9.10. The molecule has 152 valence electrons. The molecule has 8 heteroatoms. The zero-order valence-corrected chi connectivity index (χ0v) is 19.0. The van der Waals surface area contributed by atoms with Crippen molar-refractivity contribution < 1.29 is 18.1 Å². The second-order valence-corrected chi connectivity index (χ2v) is 10.3. The normalized spacial score (nSPS) is 22.3. The van der Waals surface area contributed by atoms with E-state index in [1.807, 2.05) is 0 Å². The SMILES string of the molecule is COP(CC1CCC(OP(OCCC#N)N(C(C)C)C(C)C)CC1)OC. The van der Waals surface area contributed by atoms with Gasteiger partial charge in [-0.15, -0.1) is 0 Å². The summed E-state index contributed by atoms with van der Waals surface area (Å²) >= 11 is 0. The maximum Gasteiger partial charge on any atom is 0.259 e. The zero-order chi connectivity index (χ0) is 19.5. The fourth-order valence-corrected chi connectivity index (χ4v) is 6.28. The van der Waals surface area contributed by atoms with Gasteiger partial charge in [-0.05, 0) is 59.3 Å². The number of rotatable bonds is 12. The summed E-state index contributed by atoms with van der Waals surface area (Å²) in [4.78, 5) is 0. The largest absolute Gasteiger partial charge is 0.337 e. The Morgan fingerprint density at radius 1 is 1.04 bits per heavy atom. The van der Waals surface area contributed by atoms with Gasteiger partial charge in [-0.3, -0.25) is 0 Å². The minimum absolute atomic E-state index is 0.232. The van der Waals surface area contributed by atoms with Gasteiger partial charge >= 0.3 is 0 Å². The van der Waals surface area contributed by atoms with Gasteiger partial charge in [0.1, 0.15) is 0 Å². The Morgan fingerprint density at radius 2 is 1.62 bits per heavy atom. The molecule has 1 saturated carbocycles. The third-order valence-corrected chi connectivity index (χ3v) is 8.32. The predicted octanol–water partition coefficient (Wildman–Crippen LogP) is 5.44. The molecule has 0 heterocycles. The molecule has 1 unspecified atom stereocenters. The molecule has 1 fully saturated rings. The van der Waals surface area contributed by atoms with E-state index in [9.17, 15) is 0 Å². The second kappa shape index (κ2) is 13.3. The van der Waals surface area contributed by atoms with Crippen molar-refractivity contribution in [3.8, 4) is 6.07 Å². The van der Waals surface area contributed by atoms with E-state index in [0.29, 0.717) is 31.0 Å². The van der Waals surface area contributed by atoms with Crippen molar-refractivity contribution in [1.29, 1.82) is 5.26 Å². The van der Waals surface area contributed by atoms with Crippen LogP contribution in [0.1, 0.15) is 59.8 Å². The number of hydrogen-bond acceptors (Lipinski definition) is 6. The molecule has 1 aliphatic rings. The van der Waals surface area contributed by atoms with Gasteiger partial charge in [0.2, 0.25) is 0 Å². The van der Waals surface area contributed by atoms with E-state index in [0.717, 1.165) is 31.8 Å². The van der Waals surface area contributed by atoms with Gasteiger partial charge < -0.3 is 18.1 Å². The number of nitriles is 1. The predicted molar refractivity (Wildman–Crippen MR) is 108 cm³/mol. The highest BCUT2D eigenvalue weighted by molar-refractivity contribution is 7.47. The summed E-state index contributed by atoms with van der Waals surface area (Å²) in [5.41, 5.74) is 0. The van der Waals surface area contributed by atoms with Crippen LogP contribution in [0.4, 0.5) is 0 Å². The van der Waals surface area contributed by atoms with Crippen LogP contribution < -0.4 is 0 Å². The topological polar surface area (TPSA) is 64.0 Å². The van der Waals surface area contributed by atoms with Crippen molar-refractivity contribution in [1.82, 2.24) is 4.67 Å². The lowest BCUT2D eigenvalue weighted by atomic mass is 9.89. The van der Waals surface area contributed by atoms with Crippen LogP contribution in [0.15, 0.2) is 0 Å². The maximum atomic E-state index is 8.80. The molecule has 0 spiro atoms. The highest BCUT2D eigenvalue weighted by Gasteiger charge is 2.32. The minimum atomic E-state index is -1.14. The monoisotopic (exact) mass is 406 g/mol.